The third-order valence-corrected chi connectivity index (χ3v) is 7.05. The highest BCUT2D eigenvalue weighted by atomic mass is 16.2. The van der Waals surface area contributed by atoms with Gasteiger partial charge in [-0.05, 0) is 56.8 Å². The number of aromatic nitrogens is 2. The van der Waals surface area contributed by atoms with Crippen LogP contribution in [0, 0.1) is 23.2 Å². The molecule has 4 aliphatic carbocycles. The first-order valence-electron chi connectivity index (χ1n) is 9.69. The number of amides is 2. The third-order valence-electron chi connectivity index (χ3n) is 7.05. The molecule has 4 fully saturated rings. The fourth-order valence-electron chi connectivity index (χ4n) is 5.87. The molecule has 0 aliphatic heterocycles. The van der Waals surface area contributed by atoms with Crippen molar-refractivity contribution >= 4 is 17.6 Å². The lowest BCUT2D eigenvalue weighted by molar-refractivity contribution is -0.145. The Kier molecular flexibility index (Phi) is 4.00. The van der Waals surface area contributed by atoms with Gasteiger partial charge in [0.25, 0.3) is 5.91 Å². The van der Waals surface area contributed by atoms with Gasteiger partial charge in [-0.3, -0.25) is 14.3 Å². The molecule has 2 amide bonds. The van der Waals surface area contributed by atoms with Crippen molar-refractivity contribution < 1.29 is 9.59 Å². The molecule has 7 heteroatoms. The molecule has 26 heavy (non-hydrogen) atoms. The summed E-state index contributed by atoms with van der Waals surface area (Å²) in [6.07, 6.45) is 4.80. The van der Waals surface area contributed by atoms with E-state index in [0.717, 1.165) is 44.5 Å². The number of anilines is 1. The van der Waals surface area contributed by atoms with Crippen LogP contribution in [0.4, 0.5) is 5.82 Å². The van der Waals surface area contributed by atoms with E-state index in [1.165, 1.54) is 0 Å². The molecule has 2 atom stereocenters. The van der Waals surface area contributed by atoms with Crippen molar-refractivity contribution in [2.75, 3.05) is 18.5 Å². The van der Waals surface area contributed by atoms with Gasteiger partial charge in [0, 0.05) is 38.2 Å². The summed E-state index contributed by atoms with van der Waals surface area (Å²) in [5.74, 6) is 1.99. The van der Waals surface area contributed by atoms with Crippen LogP contribution in [-0.4, -0.2) is 41.2 Å². The largest absolute Gasteiger partial charge is 0.369 e. The number of carbonyl (C=O) groups is 2. The lowest BCUT2D eigenvalue weighted by atomic mass is 9.47. The van der Waals surface area contributed by atoms with E-state index in [-0.39, 0.29) is 23.3 Å². The molecule has 4 aliphatic rings. The van der Waals surface area contributed by atoms with E-state index < -0.39 is 0 Å². The quantitative estimate of drug-likeness (QED) is 0.828. The van der Waals surface area contributed by atoms with Gasteiger partial charge in [0.2, 0.25) is 5.91 Å². The van der Waals surface area contributed by atoms with Gasteiger partial charge in [-0.15, -0.1) is 0 Å². The number of primary amides is 1. The van der Waals surface area contributed by atoms with Crippen molar-refractivity contribution in [3.05, 3.63) is 11.8 Å². The Morgan fingerprint density at radius 2 is 2.00 bits per heavy atom. The number of carbonyl (C=O) groups excluding carboxylic acids is 2. The van der Waals surface area contributed by atoms with Crippen molar-refractivity contribution in [2.24, 2.45) is 36.0 Å². The van der Waals surface area contributed by atoms with Crippen LogP contribution < -0.4 is 16.0 Å². The minimum atomic E-state index is -0.320. The molecule has 7 nitrogen and oxygen atoms in total. The van der Waals surface area contributed by atoms with E-state index in [1.54, 1.807) is 4.68 Å². The topological polar surface area (TPSA) is 93.2 Å². The smallest absolute Gasteiger partial charge is 0.272 e. The first kappa shape index (κ1) is 17.4. The van der Waals surface area contributed by atoms with Gasteiger partial charge >= 0.3 is 0 Å². The van der Waals surface area contributed by atoms with E-state index in [0.29, 0.717) is 23.4 Å². The van der Waals surface area contributed by atoms with Gasteiger partial charge < -0.3 is 16.0 Å². The first-order chi connectivity index (χ1) is 12.3. The minimum absolute atomic E-state index is 0.109. The zero-order valence-electron chi connectivity index (χ0n) is 15.9. The van der Waals surface area contributed by atoms with E-state index in [1.807, 2.05) is 20.2 Å². The maximum absolute atomic E-state index is 12.8. The summed E-state index contributed by atoms with van der Waals surface area (Å²) in [5.41, 5.74) is 5.89. The second kappa shape index (κ2) is 5.99. The Balaban J connectivity index is 1.50. The average molecular weight is 359 g/mol. The lowest BCUT2D eigenvalue weighted by Gasteiger charge is -2.58. The highest BCUT2D eigenvalue weighted by Gasteiger charge is 2.58. The Bertz CT molecular complexity index is 726. The molecule has 1 heterocycles. The van der Waals surface area contributed by atoms with Crippen molar-refractivity contribution in [3.63, 3.8) is 0 Å². The summed E-state index contributed by atoms with van der Waals surface area (Å²) >= 11 is 0. The Morgan fingerprint density at radius 1 is 1.35 bits per heavy atom. The van der Waals surface area contributed by atoms with Gasteiger partial charge in [0.05, 0.1) is 0 Å². The average Bonchev–Trinajstić information content (AvgIpc) is 2.98. The normalized spacial score (nSPS) is 34.7. The molecule has 1 aromatic rings. The van der Waals surface area contributed by atoms with Gasteiger partial charge in [0.15, 0.2) is 5.69 Å². The number of hydrogen-bond donors (Lipinski definition) is 2. The Labute approximate surface area is 154 Å². The van der Waals surface area contributed by atoms with Crippen LogP contribution in [0.15, 0.2) is 6.07 Å². The van der Waals surface area contributed by atoms with E-state index in [9.17, 15) is 9.59 Å². The molecule has 2 unspecified atom stereocenters. The number of nitrogens with zero attached hydrogens (tertiary/aromatic N) is 3. The molecule has 4 saturated carbocycles. The SMILES string of the molecule is CCN(C)c1cc(C(=O)NC2C3CC4CC2CC(C(N)=O)(C4)C3)nn1C. The summed E-state index contributed by atoms with van der Waals surface area (Å²) in [6, 6.07) is 1.99. The monoisotopic (exact) mass is 359 g/mol. The Hall–Kier alpha value is -2.05. The molecular formula is C19H29N5O2. The summed E-state index contributed by atoms with van der Waals surface area (Å²) in [7, 11) is 3.84. The standard InChI is InChI=1S/C19H29N5O2/c1-4-23(2)15-7-14(22-24(15)3)17(25)21-16-12-5-11-6-13(16)10-19(8-11,9-12)18(20)26/h7,11-13,16H,4-6,8-10H2,1-3H3,(H2,20,26)(H,21,25). The molecule has 3 N–H and O–H groups in total. The van der Waals surface area contributed by atoms with Crippen molar-refractivity contribution in [1.82, 2.24) is 15.1 Å². The molecule has 0 radical (unpaired) electrons. The van der Waals surface area contributed by atoms with Crippen LogP contribution in [-0.2, 0) is 11.8 Å². The number of rotatable bonds is 5. The van der Waals surface area contributed by atoms with Crippen LogP contribution in [0.3, 0.4) is 0 Å². The van der Waals surface area contributed by atoms with Gasteiger partial charge in [-0.2, -0.15) is 5.10 Å². The molecule has 142 valence electrons. The van der Waals surface area contributed by atoms with Gasteiger partial charge in [0.1, 0.15) is 5.82 Å². The van der Waals surface area contributed by atoms with Gasteiger partial charge in [-0.25, -0.2) is 0 Å². The van der Waals surface area contributed by atoms with Gasteiger partial charge in [-0.1, -0.05) is 0 Å². The third kappa shape index (κ3) is 2.59. The number of aryl methyl sites for hydroxylation is 1. The molecule has 1 aromatic heterocycles. The second-order valence-electron chi connectivity index (χ2n) is 8.64. The molecule has 0 spiro atoms. The first-order valence-corrected chi connectivity index (χ1v) is 9.69. The summed E-state index contributed by atoms with van der Waals surface area (Å²) in [4.78, 5) is 26.9. The zero-order valence-corrected chi connectivity index (χ0v) is 15.9. The Morgan fingerprint density at radius 3 is 2.58 bits per heavy atom. The lowest BCUT2D eigenvalue weighted by Crippen LogP contribution is -2.62. The van der Waals surface area contributed by atoms with Crippen LogP contribution in [0.25, 0.3) is 0 Å². The fraction of sp³-hybridized carbons (Fsp3) is 0.737. The van der Waals surface area contributed by atoms with Crippen LogP contribution >= 0.6 is 0 Å². The van der Waals surface area contributed by atoms with Crippen molar-refractivity contribution in [2.45, 2.75) is 45.1 Å². The van der Waals surface area contributed by atoms with E-state index in [4.69, 9.17) is 5.73 Å². The minimum Gasteiger partial charge on any atom is -0.369 e. The maximum atomic E-state index is 12.8. The molecule has 5 rings (SSSR count). The second-order valence-corrected chi connectivity index (χ2v) is 8.64. The summed E-state index contributed by atoms with van der Waals surface area (Å²) in [6.45, 7) is 2.92. The van der Waals surface area contributed by atoms with E-state index >= 15 is 0 Å². The zero-order chi connectivity index (χ0) is 18.6. The molecular weight excluding hydrogens is 330 g/mol. The summed E-state index contributed by atoms with van der Waals surface area (Å²) < 4.78 is 1.75. The van der Waals surface area contributed by atoms with Crippen molar-refractivity contribution in [3.8, 4) is 0 Å². The van der Waals surface area contributed by atoms with Crippen LogP contribution in [0.5, 0.6) is 0 Å². The van der Waals surface area contributed by atoms with E-state index in [2.05, 4.69) is 22.2 Å². The van der Waals surface area contributed by atoms with Crippen LogP contribution in [0.1, 0.15) is 49.5 Å². The highest BCUT2D eigenvalue weighted by Crippen LogP contribution is 2.59. The number of nitrogens with one attached hydrogen (secondary N) is 1. The van der Waals surface area contributed by atoms with Crippen molar-refractivity contribution in [1.29, 1.82) is 0 Å². The molecule has 4 bridgehead atoms. The fourth-order valence-corrected chi connectivity index (χ4v) is 5.87. The summed E-state index contributed by atoms with van der Waals surface area (Å²) in [5, 5.41) is 7.64. The van der Waals surface area contributed by atoms with Crippen LogP contribution in [0.2, 0.25) is 0 Å². The highest BCUT2D eigenvalue weighted by molar-refractivity contribution is 5.93. The predicted molar refractivity (Wildman–Crippen MR) is 98.6 cm³/mol. The predicted octanol–water partition coefficient (Wildman–Crippen LogP) is 1.29. The number of nitrogens with two attached hydrogens (primary N) is 1. The molecule has 0 aromatic carbocycles. The maximum Gasteiger partial charge on any atom is 0.272 e. The number of hydrogen-bond acceptors (Lipinski definition) is 4. The molecule has 0 saturated heterocycles.